The molecule has 0 aromatic carbocycles. The lowest BCUT2D eigenvalue weighted by molar-refractivity contribution is 0.0886. The average Bonchev–Trinajstić information content (AvgIpc) is 3.14. The number of ether oxygens (including phenoxy) is 1. The summed E-state index contributed by atoms with van der Waals surface area (Å²) in [4.78, 5) is 20.8. The Balaban J connectivity index is 1.72. The summed E-state index contributed by atoms with van der Waals surface area (Å²) in [6.45, 7) is -0.115. The number of pyridine rings is 2. The van der Waals surface area contributed by atoms with Crippen LogP contribution >= 0.6 is 0 Å². The number of nitrogens with zero attached hydrogens (tertiary/aromatic N) is 3. The second-order valence-corrected chi connectivity index (χ2v) is 6.14. The third-order valence-corrected chi connectivity index (χ3v) is 4.41. The Morgan fingerprint density at radius 2 is 2.21 bits per heavy atom. The molecule has 4 heterocycles. The van der Waals surface area contributed by atoms with Gasteiger partial charge in [0.25, 0.3) is 12.3 Å². The van der Waals surface area contributed by atoms with Gasteiger partial charge >= 0.3 is 0 Å². The number of alkyl halides is 2. The van der Waals surface area contributed by atoms with Gasteiger partial charge in [0.2, 0.25) is 5.88 Å². The zero-order valence-corrected chi connectivity index (χ0v) is 14.9. The molecule has 0 aliphatic carbocycles. The maximum Gasteiger partial charge on any atom is 0.270 e. The number of rotatable bonds is 5. The van der Waals surface area contributed by atoms with Crippen molar-refractivity contribution in [1.29, 1.82) is 0 Å². The van der Waals surface area contributed by atoms with Gasteiger partial charge in [-0.25, -0.2) is 13.8 Å². The number of carbonyl (C=O) groups excluding carboxylic acids is 1. The maximum atomic E-state index is 12.4. The van der Waals surface area contributed by atoms with Crippen LogP contribution in [0.25, 0.3) is 11.2 Å². The molecule has 1 aliphatic rings. The number of carbonyl (C=O) groups is 1. The van der Waals surface area contributed by atoms with Crippen LogP contribution in [0.3, 0.4) is 0 Å². The van der Waals surface area contributed by atoms with Crippen LogP contribution in [0.15, 0.2) is 42.7 Å². The number of amides is 1. The Kier molecular flexibility index (Phi) is 4.64. The summed E-state index contributed by atoms with van der Waals surface area (Å²) in [6, 6.07) is 7.36. The van der Waals surface area contributed by atoms with E-state index >= 15 is 0 Å². The Morgan fingerprint density at radius 3 is 3.00 bits per heavy atom. The van der Waals surface area contributed by atoms with E-state index in [1.54, 1.807) is 29.8 Å². The van der Waals surface area contributed by atoms with Gasteiger partial charge < -0.3 is 15.4 Å². The molecule has 0 bridgehead atoms. The molecule has 9 heteroatoms. The molecule has 3 aromatic rings. The summed E-state index contributed by atoms with van der Waals surface area (Å²) < 4.78 is 31.5. The van der Waals surface area contributed by atoms with E-state index in [0.29, 0.717) is 23.9 Å². The Labute approximate surface area is 159 Å². The quantitative estimate of drug-likeness (QED) is 0.706. The minimum Gasteiger partial charge on any atom is -0.481 e. The lowest BCUT2D eigenvalue weighted by Crippen LogP contribution is -2.29. The first kappa shape index (κ1) is 17.9. The van der Waals surface area contributed by atoms with Gasteiger partial charge in [0.05, 0.1) is 19.9 Å². The molecule has 0 saturated heterocycles. The second kappa shape index (κ2) is 7.26. The van der Waals surface area contributed by atoms with Crippen molar-refractivity contribution < 1.29 is 18.3 Å². The highest BCUT2D eigenvalue weighted by Gasteiger charge is 2.18. The minimum atomic E-state index is -2.61. The van der Waals surface area contributed by atoms with Crippen LogP contribution in [0.2, 0.25) is 0 Å². The van der Waals surface area contributed by atoms with Crippen LogP contribution in [-0.4, -0.2) is 46.9 Å². The number of methoxy groups -OCH3 is 1. The van der Waals surface area contributed by atoms with Crippen molar-refractivity contribution in [3.05, 3.63) is 59.6 Å². The zero-order valence-electron chi connectivity index (χ0n) is 14.9. The molecule has 3 aromatic heterocycles. The van der Waals surface area contributed by atoms with Crippen molar-refractivity contribution in [2.45, 2.75) is 6.43 Å². The number of anilines is 1. The first-order valence-electron chi connectivity index (χ1n) is 8.60. The highest BCUT2D eigenvalue weighted by atomic mass is 19.3. The van der Waals surface area contributed by atoms with E-state index in [1.807, 2.05) is 18.2 Å². The maximum absolute atomic E-state index is 12.4. The Hall–Kier alpha value is -3.49. The molecule has 0 spiro atoms. The van der Waals surface area contributed by atoms with Gasteiger partial charge in [-0.1, -0.05) is 6.08 Å². The minimum absolute atomic E-state index is 0.195. The standard InChI is InChI=1S/C19H17F2N5O2/c1-28-17-5-3-13-12(6-7-22-18(13)25-17)11-2-4-16-23-8-14(26(16)10-11)19(27)24-9-15(20)21/h2-6,8,10,15H,7,9H2,1H3,(H,22,25)(H,24,27). The highest BCUT2D eigenvalue weighted by Crippen LogP contribution is 2.32. The normalized spacial score (nSPS) is 13.1. The fourth-order valence-corrected chi connectivity index (χ4v) is 3.11. The second-order valence-electron chi connectivity index (χ2n) is 6.14. The van der Waals surface area contributed by atoms with Gasteiger partial charge in [-0.05, 0) is 29.3 Å². The van der Waals surface area contributed by atoms with Gasteiger partial charge in [-0.3, -0.25) is 9.20 Å². The van der Waals surface area contributed by atoms with Crippen LogP contribution in [0.5, 0.6) is 5.88 Å². The summed E-state index contributed by atoms with van der Waals surface area (Å²) in [5.74, 6) is 0.615. The van der Waals surface area contributed by atoms with Crippen LogP contribution < -0.4 is 15.4 Å². The molecular weight excluding hydrogens is 368 g/mol. The number of aromatic nitrogens is 3. The monoisotopic (exact) mass is 385 g/mol. The summed E-state index contributed by atoms with van der Waals surface area (Å²) >= 11 is 0. The third-order valence-electron chi connectivity index (χ3n) is 4.41. The fourth-order valence-electron chi connectivity index (χ4n) is 3.11. The number of imidazole rings is 1. The molecule has 0 fully saturated rings. The van der Waals surface area contributed by atoms with Crippen molar-refractivity contribution in [2.75, 3.05) is 25.5 Å². The molecule has 0 saturated carbocycles. The van der Waals surface area contributed by atoms with E-state index in [9.17, 15) is 13.6 Å². The topological polar surface area (TPSA) is 80.5 Å². The SMILES string of the molecule is COc1ccc2c(n1)NCC=C2c1ccc2ncc(C(=O)NCC(F)F)n2c1. The van der Waals surface area contributed by atoms with Crippen molar-refractivity contribution in [3.8, 4) is 5.88 Å². The molecule has 0 unspecified atom stereocenters. The lowest BCUT2D eigenvalue weighted by Gasteiger charge is -2.19. The third kappa shape index (κ3) is 3.26. The highest BCUT2D eigenvalue weighted by molar-refractivity contribution is 5.93. The zero-order chi connectivity index (χ0) is 19.7. The molecule has 7 nitrogen and oxygen atoms in total. The Bertz CT molecular complexity index is 1080. The lowest BCUT2D eigenvalue weighted by atomic mass is 9.97. The van der Waals surface area contributed by atoms with E-state index < -0.39 is 18.9 Å². The van der Waals surface area contributed by atoms with E-state index in [2.05, 4.69) is 20.6 Å². The van der Waals surface area contributed by atoms with Crippen molar-refractivity contribution >= 4 is 22.9 Å². The van der Waals surface area contributed by atoms with Gasteiger partial charge in [-0.2, -0.15) is 4.98 Å². The summed E-state index contributed by atoms with van der Waals surface area (Å²) in [6.07, 6.45) is 2.55. The van der Waals surface area contributed by atoms with Crippen LogP contribution in [-0.2, 0) is 0 Å². The molecule has 1 aliphatic heterocycles. The average molecular weight is 385 g/mol. The largest absolute Gasteiger partial charge is 0.481 e. The van der Waals surface area contributed by atoms with E-state index in [4.69, 9.17) is 4.74 Å². The molecule has 28 heavy (non-hydrogen) atoms. The van der Waals surface area contributed by atoms with Gasteiger partial charge in [0.1, 0.15) is 17.2 Å². The van der Waals surface area contributed by atoms with Crippen LogP contribution in [0.1, 0.15) is 21.6 Å². The van der Waals surface area contributed by atoms with Crippen LogP contribution in [0, 0.1) is 0 Å². The number of fused-ring (bicyclic) bond motifs is 2. The smallest absolute Gasteiger partial charge is 0.270 e. The van der Waals surface area contributed by atoms with E-state index in [1.165, 1.54) is 6.20 Å². The molecule has 144 valence electrons. The van der Waals surface area contributed by atoms with Crippen LogP contribution in [0.4, 0.5) is 14.6 Å². The molecule has 0 atom stereocenters. The van der Waals surface area contributed by atoms with Gasteiger partial charge in [0.15, 0.2) is 0 Å². The van der Waals surface area contributed by atoms with Crippen molar-refractivity contribution in [1.82, 2.24) is 19.7 Å². The molecule has 1 amide bonds. The molecule has 0 radical (unpaired) electrons. The predicted octanol–water partition coefficient (Wildman–Crippen LogP) is 2.59. The number of nitrogens with one attached hydrogen (secondary N) is 2. The number of hydrogen-bond acceptors (Lipinski definition) is 5. The molecular formula is C19H17F2N5O2. The fraction of sp³-hybridized carbons (Fsp3) is 0.211. The van der Waals surface area contributed by atoms with E-state index in [0.717, 1.165) is 16.7 Å². The summed E-state index contributed by atoms with van der Waals surface area (Å²) in [7, 11) is 1.56. The van der Waals surface area contributed by atoms with E-state index in [-0.39, 0.29) is 5.69 Å². The summed E-state index contributed by atoms with van der Waals surface area (Å²) in [5.41, 5.74) is 3.44. The van der Waals surface area contributed by atoms with Crippen molar-refractivity contribution in [3.63, 3.8) is 0 Å². The first-order chi connectivity index (χ1) is 13.6. The Morgan fingerprint density at radius 1 is 1.36 bits per heavy atom. The van der Waals surface area contributed by atoms with Gasteiger partial charge in [-0.15, -0.1) is 0 Å². The first-order valence-corrected chi connectivity index (χ1v) is 8.60. The van der Waals surface area contributed by atoms with Gasteiger partial charge in [0, 0.05) is 24.4 Å². The number of hydrogen-bond donors (Lipinski definition) is 2. The molecule has 4 rings (SSSR count). The molecule has 2 N–H and O–H groups in total. The summed E-state index contributed by atoms with van der Waals surface area (Å²) in [5, 5.41) is 5.41. The predicted molar refractivity (Wildman–Crippen MR) is 99.9 cm³/mol. The van der Waals surface area contributed by atoms with Crippen molar-refractivity contribution in [2.24, 2.45) is 0 Å². The number of halogens is 2.